The van der Waals surface area contributed by atoms with E-state index in [0.29, 0.717) is 23.6 Å². The number of amides is 2. The molecule has 0 spiro atoms. The molecule has 35 heavy (non-hydrogen) atoms. The molecule has 0 aliphatic heterocycles. The third-order valence-corrected chi connectivity index (χ3v) is 5.21. The van der Waals surface area contributed by atoms with Crippen LogP contribution in [0.2, 0.25) is 0 Å². The van der Waals surface area contributed by atoms with Gasteiger partial charge in [-0.3, -0.25) is 10.1 Å². The second-order valence-corrected chi connectivity index (χ2v) is 8.21. The van der Waals surface area contributed by atoms with Gasteiger partial charge in [-0.1, -0.05) is 54.6 Å². The Morgan fingerprint density at radius 3 is 2.60 bits per heavy atom. The van der Waals surface area contributed by atoms with E-state index in [2.05, 4.69) is 20.6 Å². The van der Waals surface area contributed by atoms with Gasteiger partial charge >= 0.3 is 6.09 Å². The van der Waals surface area contributed by atoms with Gasteiger partial charge in [0.25, 0.3) is 0 Å². The molecule has 0 saturated carbocycles. The summed E-state index contributed by atoms with van der Waals surface area (Å²) in [6, 6.07) is 18.8. The molecule has 0 radical (unpaired) electrons. The molecule has 0 atom stereocenters. The number of nitrogens with zero attached hydrogens (tertiary/aromatic N) is 2. The first kappa shape index (κ1) is 23.7. The second-order valence-electron chi connectivity index (χ2n) is 8.21. The zero-order valence-corrected chi connectivity index (χ0v) is 19.6. The van der Waals surface area contributed by atoms with E-state index in [1.807, 2.05) is 91.9 Å². The van der Waals surface area contributed by atoms with Gasteiger partial charge in [-0.25, -0.2) is 9.78 Å². The highest BCUT2D eigenvalue weighted by Crippen LogP contribution is 2.34. The molecule has 4 aromatic rings. The summed E-state index contributed by atoms with van der Waals surface area (Å²) < 4.78 is 5.31. The number of benzene rings is 2. The van der Waals surface area contributed by atoms with Gasteiger partial charge in [0.05, 0.1) is 11.9 Å². The van der Waals surface area contributed by atoms with Crippen LogP contribution in [0.1, 0.15) is 5.56 Å². The Morgan fingerprint density at radius 2 is 1.80 bits per heavy atom. The number of H-pyrrole nitrogens is 1. The lowest BCUT2D eigenvalue weighted by atomic mass is 10.0. The maximum absolute atomic E-state index is 12.4. The molecule has 8 nitrogen and oxygen atoms in total. The maximum atomic E-state index is 12.4. The first-order valence-electron chi connectivity index (χ1n) is 11.2. The Kier molecular flexibility index (Phi) is 7.54. The molecule has 0 aliphatic carbocycles. The number of fused-ring (bicyclic) bond motifs is 1. The smallest absolute Gasteiger partial charge is 0.412 e. The Labute approximate surface area is 203 Å². The van der Waals surface area contributed by atoms with Crippen LogP contribution in [-0.4, -0.2) is 47.5 Å². The number of aromatic nitrogens is 2. The molecule has 2 amide bonds. The number of pyridine rings is 1. The molecule has 2 heterocycles. The van der Waals surface area contributed by atoms with Crippen molar-refractivity contribution in [3.8, 4) is 11.1 Å². The van der Waals surface area contributed by atoms with E-state index < -0.39 is 6.09 Å². The molecule has 178 valence electrons. The Morgan fingerprint density at radius 1 is 1.03 bits per heavy atom. The van der Waals surface area contributed by atoms with E-state index in [-0.39, 0.29) is 12.5 Å². The predicted octanol–water partition coefficient (Wildman–Crippen LogP) is 5.03. The zero-order chi connectivity index (χ0) is 24.6. The number of para-hydroxylation sites is 1. The van der Waals surface area contributed by atoms with Crippen molar-refractivity contribution in [1.29, 1.82) is 0 Å². The maximum Gasteiger partial charge on any atom is 0.412 e. The third-order valence-electron chi connectivity index (χ3n) is 5.21. The standard InChI is InChI=1S/C27H27N5O3/c1-32(2)14-8-13-25(33)31-24-12-7-6-11-21(24)23-17-29-26-22(23)15-20(16-28-26)30-27(34)35-18-19-9-4-3-5-10-19/h3-13,15-17H,14,18H2,1-2H3,(H,28,29)(H,30,34)(H,31,33)/b13-8+. The number of carbonyl (C=O) groups is 2. The molecule has 2 aromatic carbocycles. The van der Waals surface area contributed by atoms with Crippen molar-refractivity contribution in [3.63, 3.8) is 0 Å². The van der Waals surface area contributed by atoms with Crippen LogP contribution in [-0.2, 0) is 16.1 Å². The minimum atomic E-state index is -0.565. The Hall–Kier alpha value is -4.43. The van der Waals surface area contributed by atoms with Crippen molar-refractivity contribution in [2.75, 3.05) is 31.3 Å². The van der Waals surface area contributed by atoms with E-state index in [9.17, 15) is 9.59 Å². The van der Waals surface area contributed by atoms with Gasteiger partial charge in [0.15, 0.2) is 0 Å². The minimum Gasteiger partial charge on any atom is -0.444 e. The number of hydrogen-bond acceptors (Lipinski definition) is 5. The van der Waals surface area contributed by atoms with Crippen LogP contribution >= 0.6 is 0 Å². The molecule has 4 rings (SSSR count). The van der Waals surface area contributed by atoms with Crippen LogP contribution < -0.4 is 10.6 Å². The second kappa shape index (κ2) is 11.1. The van der Waals surface area contributed by atoms with Gasteiger partial charge in [0.1, 0.15) is 12.3 Å². The van der Waals surface area contributed by atoms with Crippen molar-refractivity contribution in [2.45, 2.75) is 6.61 Å². The molecule has 0 aliphatic rings. The highest BCUT2D eigenvalue weighted by molar-refractivity contribution is 6.05. The zero-order valence-electron chi connectivity index (χ0n) is 19.6. The summed E-state index contributed by atoms with van der Waals surface area (Å²) in [5.74, 6) is -0.208. The number of likely N-dealkylation sites (N-methyl/N-ethyl adjacent to an activating group) is 1. The van der Waals surface area contributed by atoms with Crippen LogP contribution in [0.5, 0.6) is 0 Å². The fourth-order valence-electron chi connectivity index (χ4n) is 3.54. The molecular weight excluding hydrogens is 442 g/mol. The molecule has 0 unspecified atom stereocenters. The van der Waals surface area contributed by atoms with E-state index in [4.69, 9.17) is 4.74 Å². The van der Waals surface area contributed by atoms with Crippen LogP contribution in [0.15, 0.2) is 85.2 Å². The molecule has 0 saturated heterocycles. The number of anilines is 2. The van der Waals surface area contributed by atoms with Gasteiger partial charge < -0.3 is 19.9 Å². The monoisotopic (exact) mass is 469 g/mol. The number of hydrogen-bond donors (Lipinski definition) is 3. The quantitative estimate of drug-likeness (QED) is 0.314. The summed E-state index contributed by atoms with van der Waals surface area (Å²) in [6.07, 6.45) is 6.17. The van der Waals surface area contributed by atoms with Crippen LogP contribution in [0.3, 0.4) is 0 Å². The first-order valence-corrected chi connectivity index (χ1v) is 11.2. The highest BCUT2D eigenvalue weighted by atomic mass is 16.5. The van der Waals surface area contributed by atoms with E-state index in [1.165, 1.54) is 6.08 Å². The van der Waals surface area contributed by atoms with Crippen LogP contribution in [0, 0.1) is 0 Å². The SMILES string of the molecule is CN(C)C/C=C/C(=O)Nc1ccccc1-c1c[nH]c2ncc(NC(=O)OCc3ccccc3)cc12. The minimum absolute atomic E-state index is 0.174. The normalized spacial score (nSPS) is 11.2. The Balaban J connectivity index is 1.51. The summed E-state index contributed by atoms with van der Waals surface area (Å²) >= 11 is 0. The van der Waals surface area contributed by atoms with Crippen molar-refractivity contribution in [1.82, 2.24) is 14.9 Å². The lowest BCUT2D eigenvalue weighted by molar-refractivity contribution is -0.111. The van der Waals surface area contributed by atoms with Crippen LogP contribution in [0.25, 0.3) is 22.2 Å². The lowest BCUT2D eigenvalue weighted by Crippen LogP contribution is -2.13. The summed E-state index contributed by atoms with van der Waals surface area (Å²) in [5.41, 5.74) is 4.42. The number of aromatic amines is 1. The summed E-state index contributed by atoms with van der Waals surface area (Å²) in [7, 11) is 3.88. The molecule has 0 bridgehead atoms. The van der Waals surface area contributed by atoms with Gasteiger partial charge in [-0.15, -0.1) is 0 Å². The number of carbonyl (C=O) groups excluding carboxylic acids is 2. The topological polar surface area (TPSA) is 99.4 Å². The fourth-order valence-corrected chi connectivity index (χ4v) is 3.54. The van der Waals surface area contributed by atoms with Crippen molar-refractivity contribution < 1.29 is 14.3 Å². The van der Waals surface area contributed by atoms with Gasteiger partial charge in [-0.2, -0.15) is 0 Å². The number of nitrogens with one attached hydrogen (secondary N) is 3. The van der Waals surface area contributed by atoms with Crippen molar-refractivity contribution in [2.24, 2.45) is 0 Å². The highest BCUT2D eigenvalue weighted by Gasteiger charge is 2.14. The predicted molar refractivity (Wildman–Crippen MR) is 138 cm³/mol. The summed E-state index contributed by atoms with van der Waals surface area (Å²) in [5, 5.41) is 6.48. The lowest BCUT2D eigenvalue weighted by Gasteiger charge is -2.10. The molecule has 8 heteroatoms. The average Bonchev–Trinajstić information content (AvgIpc) is 3.26. The average molecular weight is 470 g/mol. The third kappa shape index (κ3) is 6.33. The molecule has 2 aromatic heterocycles. The van der Waals surface area contributed by atoms with Crippen molar-refractivity contribution in [3.05, 3.63) is 90.8 Å². The molecule has 3 N–H and O–H groups in total. The molecular formula is C27H27N5O3. The van der Waals surface area contributed by atoms with Gasteiger partial charge in [-0.05, 0) is 31.8 Å². The van der Waals surface area contributed by atoms with Crippen molar-refractivity contribution >= 4 is 34.4 Å². The fraction of sp³-hybridized carbons (Fsp3) is 0.148. The first-order chi connectivity index (χ1) is 17.0. The van der Waals surface area contributed by atoms with Gasteiger partial charge in [0.2, 0.25) is 5.91 Å². The molecule has 0 fully saturated rings. The number of rotatable bonds is 8. The Bertz CT molecular complexity index is 1350. The largest absolute Gasteiger partial charge is 0.444 e. The summed E-state index contributed by atoms with van der Waals surface area (Å²) in [4.78, 5) is 34.3. The van der Waals surface area contributed by atoms with Crippen LogP contribution in [0.4, 0.5) is 16.2 Å². The van der Waals surface area contributed by atoms with E-state index >= 15 is 0 Å². The summed E-state index contributed by atoms with van der Waals surface area (Å²) in [6.45, 7) is 0.848. The number of ether oxygens (including phenoxy) is 1. The van der Waals surface area contributed by atoms with E-state index in [0.717, 1.165) is 22.1 Å². The van der Waals surface area contributed by atoms with E-state index in [1.54, 1.807) is 6.20 Å². The van der Waals surface area contributed by atoms with Gasteiger partial charge in [0, 0.05) is 41.0 Å².